The molecule has 5 heteroatoms. The molecule has 0 saturated heterocycles. The van der Waals surface area contributed by atoms with Crippen LogP contribution in [0.25, 0.3) is 0 Å². The van der Waals surface area contributed by atoms with Crippen molar-refractivity contribution in [2.75, 3.05) is 12.4 Å². The Labute approximate surface area is 100 Å². The first-order chi connectivity index (χ1) is 8.20. The lowest BCUT2D eigenvalue weighted by atomic mass is 10.2. The van der Waals surface area contributed by atoms with E-state index in [-0.39, 0.29) is 6.04 Å². The number of aryl methyl sites for hydroxylation is 1. The molecule has 1 unspecified atom stereocenters. The fourth-order valence-electron chi connectivity index (χ4n) is 1.72. The van der Waals surface area contributed by atoms with E-state index in [0.717, 1.165) is 11.4 Å². The van der Waals surface area contributed by atoms with Gasteiger partial charge in [-0.1, -0.05) is 0 Å². The maximum atomic E-state index is 5.01. The van der Waals surface area contributed by atoms with Gasteiger partial charge in [0.2, 0.25) is 5.88 Å². The van der Waals surface area contributed by atoms with Crippen LogP contribution in [-0.2, 0) is 7.05 Å². The van der Waals surface area contributed by atoms with Gasteiger partial charge in [-0.05, 0) is 19.1 Å². The van der Waals surface area contributed by atoms with E-state index in [1.54, 1.807) is 19.5 Å². The molecule has 90 valence electrons. The Kier molecular flexibility index (Phi) is 3.27. The molecule has 0 bridgehead atoms. The zero-order chi connectivity index (χ0) is 12.3. The maximum absolute atomic E-state index is 5.01. The highest BCUT2D eigenvalue weighted by molar-refractivity contribution is 5.43. The number of hydrogen-bond acceptors (Lipinski definition) is 4. The minimum atomic E-state index is 0.178. The van der Waals surface area contributed by atoms with Gasteiger partial charge in [0.25, 0.3) is 0 Å². The fraction of sp³-hybridized carbons (Fsp3) is 0.333. The third-order valence-electron chi connectivity index (χ3n) is 2.63. The summed E-state index contributed by atoms with van der Waals surface area (Å²) in [6, 6.07) is 5.95. The third-order valence-corrected chi connectivity index (χ3v) is 2.63. The normalized spacial score (nSPS) is 12.2. The largest absolute Gasteiger partial charge is 0.481 e. The third kappa shape index (κ3) is 2.55. The molecule has 0 fully saturated rings. The van der Waals surface area contributed by atoms with Crippen molar-refractivity contribution in [1.82, 2.24) is 14.8 Å². The van der Waals surface area contributed by atoms with Crippen molar-refractivity contribution in [3.63, 3.8) is 0 Å². The molecule has 0 spiro atoms. The highest BCUT2D eigenvalue weighted by Gasteiger charge is 2.09. The molecule has 0 saturated carbocycles. The topological polar surface area (TPSA) is 52.0 Å². The molecule has 1 N–H and O–H groups in total. The summed E-state index contributed by atoms with van der Waals surface area (Å²) in [7, 11) is 3.54. The van der Waals surface area contributed by atoms with Gasteiger partial charge >= 0.3 is 0 Å². The molecule has 5 nitrogen and oxygen atoms in total. The molecule has 0 amide bonds. The number of rotatable bonds is 4. The fourth-order valence-corrected chi connectivity index (χ4v) is 1.72. The zero-order valence-corrected chi connectivity index (χ0v) is 10.2. The van der Waals surface area contributed by atoms with Gasteiger partial charge in [0.05, 0.1) is 30.7 Å². The van der Waals surface area contributed by atoms with E-state index in [1.165, 1.54) is 0 Å². The minimum Gasteiger partial charge on any atom is -0.481 e. The monoisotopic (exact) mass is 232 g/mol. The minimum absolute atomic E-state index is 0.178. The number of nitrogens with one attached hydrogen (secondary N) is 1. The van der Waals surface area contributed by atoms with E-state index in [1.807, 2.05) is 29.9 Å². The van der Waals surface area contributed by atoms with Crippen LogP contribution < -0.4 is 10.1 Å². The highest BCUT2D eigenvalue weighted by atomic mass is 16.5. The zero-order valence-electron chi connectivity index (χ0n) is 10.2. The average molecular weight is 232 g/mol. The molecule has 2 heterocycles. The SMILES string of the molecule is COc1ccc(NC(C)c2ccnn2C)cn1. The van der Waals surface area contributed by atoms with Crippen LogP contribution in [0.5, 0.6) is 5.88 Å². The lowest BCUT2D eigenvalue weighted by Crippen LogP contribution is -2.11. The molecule has 0 radical (unpaired) electrons. The van der Waals surface area contributed by atoms with Crippen LogP contribution in [0.15, 0.2) is 30.6 Å². The number of nitrogens with zero attached hydrogens (tertiary/aromatic N) is 3. The molecule has 0 aromatic carbocycles. The summed E-state index contributed by atoms with van der Waals surface area (Å²) in [5.41, 5.74) is 2.08. The molecule has 2 aromatic rings. The van der Waals surface area contributed by atoms with Gasteiger partial charge < -0.3 is 10.1 Å². The number of methoxy groups -OCH3 is 1. The number of ether oxygens (including phenoxy) is 1. The molecular formula is C12H16N4O. The van der Waals surface area contributed by atoms with Gasteiger partial charge in [-0.15, -0.1) is 0 Å². The van der Waals surface area contributed by atoms with Crippen LogP contribution in [0.4, 0.5) is 5.69 Å². The highest BCUT2D eigenvalue weighted by Crippen LogP contribution is 2.19. The summed E-state index contributed by atoms with van der Waals surface area (Å²) in [5, 5.41) is 7.51. The van der Waals surface area contributed by atoms with Crippen molar-refractivity contribution < 1.29 is 4.74 Å². The molecular weight excluding hydrogens is 216 g/mol. The Morgan fingerprint density at radius 1 is 1.35 bits per heavy atom. The summed E-state index contributed by atoms with van der Waals surface area (Å²) in [4.78, 5) is 4.15. The smallest absolute Gasteiger partial charge is 0.213 e. The van der Waals surface area contributed by atoms with E-state index in [0.29, 0.717) is 5.88 Å². The van der Waals surface area contributed by atoms with Gasteiger partial charge in [-0.2, -0.15) is 5.10 Å². The van der Waals surface area contributed by atoms with Gasteiger partial charge in [0.15, 0.2) is 0 Å². The number of aromatic nitrogens is 3. The molecule has 2 aromatic heterocycles. The summed E-state index contributed by atoms with van der Waals surface area (Å²) in [6.45, 7) is 2.08. The molecule has 0 aliphatic carbocycles. The van der Waals surface area contributed by atoms with Crippen molar-refractivity contribution in [2.45, 2.75) is 13.0 Å². The first-order valence-corrected chi connectivity index (χ1v) is 5.45. The van der Waals surface area contributed by atoms with Crippen molar-refractivity contribution >= 4 is 5.69 Å². The Balaban J connectivity index is 2.07. The van der Waals surface area contributed by atoms with E-state index < -0.39 is 0 Å². The van der Waals surface area contributed by atoms with Gasteiger partial charge in [0.1, 0.15) is 0 Å². The predicted molar refractivity (Wildman–Crippen MR) is 66.0 cm³/mol. The standard InChI is InChI=1S/C12H16N4O/c1-9(11-6-7-14-16(11)2)15-10-4-5-12(17-3)13-8-10/h4-9,15H,1-3H3. The van der Waals surface area contributed by atoms with Crippen LogP contribution in [0.1, 0.15) is 18.7 Å². The van der Waals surface area contributed by atoms with Crippen LogP contribution in [-0.4, -0.2) is 21.9 Å². The molecule has 0 aliphatic heterocycles. The van der Waals surface area contributed by atoms with E-state index in [2.05, 4.69) is 22.3 Å². The van der Waals surface area contributed by atoms with Crippen LogP contribution >= 0.6 is 0 Å². The quantitative estimate of drug-likeness (QED) is 0.876. The molecule has 17 heavy (non-hydrogen) atoms. The van der Waals surface area contributed by atoms with Gasteiger partial charge in [-0.25, -0.2) is 4.98 Å². The lowest BCUT2D eigenvalue weighted by molar-refractivity contribution is 0.398. The molecule has 0 aliphatic rings. The lowest BCUT2D eigenvalue weighted by Gasteiger charge is -2.15. The number of hydrogen-bond donors (Lipinski definition) is 1. The Bertz CT molecular complexity index is 478. The number of pyridine rings is 1. The predicted octanol–water partition coefficient (Wildman–Crippen LogP) is 2.00. The van der Waals surface area contributed by atoms with Gasteiger partial charge in [-0.3, -0.25) is 4.68 Å². The van der Waals surface area contributed by atoms with Crippen molar-refractivity contribution in [3.8, 4) is 5.88 Å². The van der Waals surface area contributed by atoms with Crippen LogP contribution in [0, 0.1) is 0 Å². The van der Waals surface area contributed by atoms with Gasteiger partial charge in [0, 0.05) is 19.3 Å². The molecule has 1 atom stereocenters. The Morgan fingerprint density at radius 2 is 2.18 bits per heavy atom. The average Bonchev–Trinajstić information content (AvgIpc) is 2.76. The summed E-state index contributed by atoms with van der Waals surface area (Å²) in [5.74, 6) is 0.615. The summed E-state index contributed by atoms with van der Waals surface area (Å²) >= 11 is 0. The van der Waals surface area contributed by atoms with E-state index >= 15 is 0 Å². The first-order valence-electron chi connectivity index (χ1n) is 5.45. The van der Waals surface area contributed by atoms with E-state index in [4.69, 9.17) is 4.74 Å². The van der Waals surface area contributed by atoms with E-state index in [9.17, 15) is 0 Å². The number of anilines is 1. The Morgan fingerprint density at radius 3 is 2.71 bits per heavy atom. The second kappa shape index (κ2) is 4.86. The van der Waals surface area contributed by atoms with Crippen LogP contribution in [0.3, 0.4) is 0 Å². The Hall–Kier alpha value is -2.04. The summed E-state index contributed by atoms with van der Waals surface area (Å²) < 4.78 is 6.87. The summed E-state index contributed by atoms with van der Waals surface area (Å²) in [6.07, 6.45) is 3.55. The van der Waals surface area contributed by atoms with Crippen molar-refractivity contribution in [2.24, 2.45) is 7.05 Å². The second-order valence-corrected chi connectivity index (χ2v) is 3.83. The van der Waals surface area contributed by atoms with Crippen molar-refractivity contribution in [3.05, 3.63) is 36.3 Å². The first kappa shape index (κ1) is 11.4. The van der Waals surface area contributed by atoms with Crippen molar-refractivity contribution in [1.29, 1.82) is 0 Å². The molecule has 2 rings (SSSR count). The second-order valence-electron chi connectivity index (χ2n) is 3.83. The van der Waals surface area contributed by atoms with Crippen LogP contribution in [0.2, 0.25) is 0 Å². The maximum Gasteiger partial charge on any atom is 0.213 e.